The van der Waals surface area contributed by atoms with E-state index in [0.717, 1.165) is 32.1 Å². The summed E-state index contributed by atoms with van der Waals surface area (Å²) in [6.07, 6.45) is 0.464. The van der Waals surface area contributed by atoms with Crippen LogP contribution in [0.3, 0.4) is 0 Å². The number of hydrogen-bond donors (Lipinski definition) is 2. The summed E-state index contributed by atoms with van der Waals surface area (Å²) in [5.41, 5.74) is 3.74. The van der Waals surface area contributed by atoms with Crippen LogP contribution in [0, 0.1) is 23.7 Å². The maximum Gasteiger partial charge on any atom is 0.262 e. The number of fused-ring (bicyclic) bond motifs is 2. The first kappa shape index (κ1) is 90.7. The van der Waals surface area contributed by atoms with Crippen LogP contribution < -0.4 is 39.4 Å². The van der Waals surface area contributed by atoms with Crippen LogP contribution in [0.4, 0.5) is 21.4 Å². The number of thiophene rings is 2. The number of rotatable bonds is 32. The molecule has 2 aliphatic heterocycles. The molecule has 0 spiro atoms. The Labute approximate surface area is 736 Å². The van der Waals surface area contributed by atoms with E-state index in [2.05, 4.69) is 93.7 Å². The molecule has 20 nitrogen and oxygen atoms in total. The fourth-order valence-corrected chi connectivity index (χ4v) is 17.8. The number of carbonyl (C=O) groups is 8. The Kier molecular flexibility index (Phi) is 26.5. The van der Waals surface area contributed by atoms with Crippen molar-refractivity contribution in [3.05, 3.63) is 189 Å². The van der Waals surface area contributed by atoms with E-state index in [-0.39, 0.29) is 197 Å². The minimum atomic E-state index is -1.46. The normalized spacial score (nSPS) is 13.9. The second-order valence-electron chi connectivity index (χ2n) is 38.2. The van der Waals surface area contributed by atoms with Crippen LogP contribution in [0.5, 0.6) is 46.0 Å². The fraction of sp³-hybridized carbons (Fsp3) is 0.412. The van der Waals surface area contributed by atoms with Gasteiger partial charge in [-0.25, -0.2) is 0 Å². The highest BCUT2D eigenvalue weighted by molar-refractivity contribution is 7.15. The molecule has 4 heterocycles. The highest BCUT2D eigenvalue weighted by Crippen LogP contribution is 2.59. The van der Waals surface area contributed by atoms with Crippen molar-refractivity contribution in [3.63, 3.8) is 0 Å². The van der Waals surface area contributed by atoms with Gasteiger partial charge in [-0.05, 0) is 180 Å². The van der Waals surface area contributed by atoms with Crippen molar-refractivity contribution < 1.29 is 66.8 Å². The van der Waals surface area contributed by atoms with E-state index in [4.69, 9.17) is 28.4 Å². The summed E-state index contributed by atoms with van der Waals surface area (Å²) in [6.45, 7) is 45.7. The van der Waals surface area contributed by atoms with Gasteiger partial charge in [-0.15, -0.1) is 22.7 Å². The molecule has 0 bridgehead atoms. The van der Waals surface area contributed by atoms with Crippen LogP contribution in [-0.2, 0) is 50.3 Å². The van der Waals surface area contributed by atoms with E-state index >= 15 is 28.8 Å². The predicted octanol–water partition coefficient (Wildman–Crippen LogP) is 24.3. The predicted molar refractivity (Wildman–Crippen MR) is 499 cm³/mol. The number of ether oxygens (including phenoxy) is 6. The van der Waals surface area contributed by atoms with Crippen molar-refractivity contribution in [1.82, 2.24) is 9.80 Å². The zero-order valence-electron chi connectivity index (χ0n) is 75.7. The van der Waals surface area contributed by atoms with Gasteiger partial charge in [0.2, 0.25) is 11.8 Å². The first-order chi connectivity index (χ1) is 58.6. The maximum atomic E-state index is 17.1. The van der Waals surface area contributed by atoms with Gasteiger partial charge in [0, 0.05) is 105 Å². The molecule has 0 saturated carbocycles. The van der Waals surface area contributed by atoms with E-state index in [1.807, 2.05) is 139 Å². The lowest BCUT2D eigenvalue weighted by Crippen LogP contribution is -2.55. The molecule has 22 heteroatoms. The third-order valence-electron chi connectivity index (χ3n) is 22.8. The van der Waals surface area contributed by atoms with Gasteiger partial charge in [-0.2, -0.15) is 0 Å². The van der Waals surface area contributed by atoms with Gasteiger partial charge in [0.25, 0.3) is 35.4 Å². The molecule has 8 amide bonds. The molecular weight excluding hydrogens is 1600 g/mol. The molecule has 0 aliphatic carbocycles. The number of anilines is 4. The molecule has 0 fully saturated rings. The number of carbonyl (C=O) groups excluding carboxylic acids is 8. The van der Waals surface area contributed by atoms with Crippen molar-refractivity contribution in [1.29, 1.82) is 0 Å². The first-order valence-electron chi connectivity index (χ1n) is 43.4. The van der Waals surface area contributed by atoms with Gasteiger partial charge < -0.3 is 48.9 Å². The lowest BCUT2D eigenvalue weighted by atomic mass is 9.80. The standard InChI is InChI=1S/C102H118N6O14S2/c1-23-117-45-25-27-75(97(115)105(53-57(3)4)81-47-65(55-123-81)103-91(109)59(7)8)107-93(111)71-49-77(119-67-37-29-61(30-38-67)99(11,12)13)85-87-79(121-69-41-33-63(34-42-69)101(17,18)19)51-73-84-74(96(114)108(95(73)113)76(28-26-46-118-24-2)98(116)106(54-58(5)6)82-48-66(56-124-82)104-92(110)60(9)10)52-80(122-70-43-35-64(36-44-70)102(20,21)22)88(90(84)87)86-78(50-72(94(107)112)83(71)89(85)86)120-68-39-31-62(32-40-68)100(14,15)16/h29-44,47-52,55-60,75-76H,23-28,45-46,53-54H2,1-22H3,(H,103,109)(H,104,110). The fourth-order valence-electron chi connectivity index (χ4n) is 16.1. The zero-order chi connectivity index (χ0) is 89.7. The number of amides is 8. The van der Waals surface area contributed by atoms with Gasteiger partial charge >= 0.3 is 0 Å². The van der Waals surface area contributed by atoms with Crippen molar-refractivity contribution in [2.45, 2.75) is 212 Å². The Morgan fingerprint density at radius 1 is 0.371 bits per heavy atom. The highest BCUT2D eigenvalue weighted by Gasteiger charge is 2.48. The van der Waals surface area contributed by atoms with Crippen molar-refractivity contribution in [3.8, 4) is 46.0 Å². The lowest BCUT2D eigenvalue weighted by molar-refractivity contribution is -0.123. The second kappa shape index (κ2) is 36.3. The van der Waals surface area contributed by atoms with Gasteiger partial charge in [0.15, 0.2) is 0 Å². The Hall–Kier alpha value is -11.0. The largest absolute Gasteiger partial charge is 0.457 e. The average molecular weight is 1720 g/mol. The van der Waals surface area contributed by atoms with Crippen LogP contribution in [0.2, 0.25) is 0 Å². The molecular formula is C102H118N6O14S2. The van der Waals surface area contributed by atoms with E-state index in [1.165, 1.54) is 22.7 Å². The summed E-state index contributed by atoms with van der Waals surface area (Å²) in [7, 11) is 0. The first-order valence-corrected chi connectivity index (χ1v) is 45.1. The third-order valence-corrected chi connectivity index (χ3v) is 24.7. The van der Waals surface area contributed by atoms with E-state index in [1.54, 1.807) is 84.7 Å². The third kappa shape index (κ3) is 18.8. The Morgan fingerprint density at radius 3 is 0.855 bits per heavy atom. The molecule has 2 aromatic heterocycles. The number of nitrogens with one attached hydrogen (secondary N) is 2. The summed E-state index contributed by atoms with van der Waals surface area (Å²) < 4.78 is 42.0. The maximum absolute atomic E-state index is 17.1. The van der Waals surface area contributed by atoms with E-state index in [9.17, 15) is 9.59 Å². The Balaban J connectivity index is 1.18. The SMILES string of the molecule is CCOCCCC(C(=O)N(CC(C)C)c1cc(NC(=O)C(C)C)cs1)N1C(=O)c2cc(Oc3ccc(C(C)(C)C)cc3)c3c4c(Oc5ccc(C(C)(C)C)cc5)cc5c6c(cc(Oc7ccc(C(C)(C)C)cc7)c(c7c(Oc8ccc(C(C)(C)C)cc8)cc(c2c37)C1=O)c64)C(=O)N(C(CCCOCC)C(=O)N(CC(C)C)c1cc(NC(=O)C(C)C)cs1)C5=O. The highest BCUT2D eigenvalue weighted by atomic mass is 32.1. The molecule has 2 N–H and O–H groups in total. The molecule has 652 valence electrons. The van der Waals surface area contributed by atoms with Crippen LogP contribution in [0.15, 0.2) is 144 Å². The topological polar surface area (TPSA) is 229 Å². The number of benzene rings is 9. The Morgan fingerprint density at radius 2 is 0.629 bits per heavy atom. The molecule has 0 saturated heterocycles. The summed E-state index contributed by atoms with van der Waals surface area (Å²) in [6, 6.07) is 37.7. The molecule has 9 aromatic carbocycles. The summed E-state index contributed by atoms with van der Waals surface area (Å²) in [5.74, 6) is -4.00. The van der Waals surface area contributed by atoms with Crippen molar-refractivity contribution in [2.24, 2.45) is 23.7 Å². The molecule has 2 unspecified atom stereocenters. The van der Waals surface area contributed by atoms with Crippen molar-refractivity contribution >= 4 is 134 Å². The molecule has 2 aliphatic rings. The van der Waals surface area contributed by atoms with Gasteiger partial charge in [0.1, 0.15) is 58.1 Å². The molecule has 13 rings (SSSR count). The van der Waals surface area contributed by atoms with Crippen LogP contribution in [0.1, 0.15) is 242 Å². The summed E-state index contributed by atoms with van der Waals surface area (Å²) in [5, 5.41) is 12.5. The van der Waals surface area contributed by atoms with Crippen LogP contribution >= 0.6 is 22.7 Å². The van der Waals surface area contributed by atoms with Gasteiger partial charge in [0.05, 0.1) is 43.6 Å². The quantitative estimate of drug-likeness (QED) is 0.0173. The van der Waals surface area contributed by atoms with E-state index < -0.39 is 47.5 Å². The number of hydrogen-bond acceptors (Lipinski definition) is 16. The van der Waals surface area contributed by atoms with Crippen molar-refractivity contribution in [2.75, 3.05) is 60.0 Å². The summed E-state index contributed by atoms with van der Waals surface area (Å²) in [4.78, 5) is 133. The van der Waals surface area contributed by atoms with Crippen LogP contribution in [-0.4, -0.2) is 109 Å². The zero-order valence-corrected chi connectivity index (χ0v) is 77.3. The van der Waals surface area contributed by atoms with Crippen LogP contribution in [0.25, 0.3) is 43.1 Å². The average Bonchev–Trinajstić information content (AvgIpc) is 0.733. The monoisotopic (exact) mass is 1710 g/mol. The van der Waals surface area contributed by atoms with Gasteiger partial charge in [-0.1, -0.05) is 187 Å². The molecule has 2 atom stereocenters. The second-order valence-corrected chi connectivity index (χ2v) is 40.0. The molecule has 0 radical (unpaired) electrons. The summed E-state index contributed by atoms with van der Waals surface area (Å²) >= 11 is 2.51. The molecule has 124 heavy (non-hydrogen) atoms. The number of nitrogens with zero attached hydrogens (tertiary/aromatic N) is 4. The van der Waals surface area contributed by atoms with Gasteiger partial charge in [-0.3, -0.25) is 48.2 Å². The number of imide groups is 2. The Bertz CT molecular complexity index is 5270. The minimum Gasteiger partial charge on any atom is -0.457 e. The smallest absolute Gasteiger partial charge is 0.262 e. The molecule has 11 aromatic rings. The lowest BCUT2D eigenvalue weighted by Gasteiger charge is -2.38. The van der Waals surface area contributed by atoms with E-state index in [0.29, 0.717) is 57.6 Å². The minimum absolute atomic E-state index is 0.00835.